The van der Waals surface area contributed by atoms with Crippen LogP contribution in [0, 0.1) is 0 Å². The summed E-state index contributed by atoms with van der Waals surface area (Å²) in [5.74, 6) is 0.639. The molecule has 1 aromatic heterocycles. The lowest BCUT2D eigenvalue weighted by Crippen LogP contribution is -1.94. The van der Waals surface area contributed by atoms with Crippen LogP contribution in [0.25, 0.3) is 21.8 Å². The average Bonchev–Trinajstić information content (AvgIpc) is 2.73. The van der Waals surface area contributed by atoms with Gasteiger partial charge in [-0.2, -0.15) is 0 Å². The van der Waals surface area contributed by atoms with Gasteiger partial charge in [0, 0.05) is 33.3 Å². The zero-order chi connectivity index (χ0) is 13.4. The first-order valence-electron chi connectivity index (χ1n) is 6.75. The summed E-state index contributed by atoms with van der Waals surface area (Å²) in [6.45, 7) is 2.32. The molecule has 1 heterocycles. The first kappa shape index (κ1) is 13.0. The van der Waals surface area contributed by atoms with E-state index in [0.29, 0.717) is 5.92 Å². The smallest absolute Gasteiger partial charge is 0.0488 e. The molecule has 0 spiro atoms. The second-order valence-electron chi connectivity index (χ2n) is 5.23. The largest absolute Gasteiger partial charge is 0.344 e. The summed E-state index contributed by atoms with van der Waals surface area (Å²) in [6.07, 6.45) is 1.25. The third-order valence-corrected chi connectivity index (χ3v) is 4.67. The molecule has 0 bridgehead atoms. The van der Waals surface area contributed by atoms with Crippen LogP contribution < -0.4 is 0 Å². The zero-order valence-corrected chi connectivity index (χ0v) is 13.5. The molecule has 0 N–H and O–H groups in total. The van der Waals surface area contributed by atoms with Gasteiger partial charge in [0.05, 0.1) is 0 Å². The molecule has 3 aromatic rings. The molecular formula is C17H18IN. The van der Waals surface area contributed by atoms with Crippen molar-refractivity contribution in [3.05, 3.63) is 48.0 Å². The number of benzene rings is 2. The number of fused-ring (bicyclic) bond motifs is 3. The van der Waals surface area contributed by atoms with Gasteiger partial charge >= 0.3 is 0 Å². The van der Waals surface area contributed by atoms with Gasteiger partial charge in [-0.05, 0) is 36.1 Å². The number of alkyl halides is 1. The van der Waals surface area contributed by atoms with E-state index >= 15 is 0 Å². The Bertz CT molecular complexity index is 727. The Balaban J connectivity index is 2.25. The molecule has 0 aliphatic rings. The van der Waals surface area contributed by atoms with Crippen LogP contribution in [-0.4, -0.2) is 8.99 Å². The maximum absolute atomic E-state index is 2.46. The van der Waals surface area contributed by atoms with E-state index in [1.807, 2.05) is 0 Å². The number of aromatic nitrogens is 1. The molecule has 2 aromatic carbocycles. The summed E-state index contributed by atoms with van der Waals surface area (Å²) < 4.78 is 3.50. The molecule has 0 amide bonds. The van der Waals surface area contributed by atoms with Crippen LogP contribution in [0.2, 0.25) is 0 Å². The van der Waals surface area contributed by atoms with Crippen molar-refractivity contribution in [1.82, 2.24) is 4.57 Å². The predicted molar refractivity (Wildman–Crippen MR) is 92.3 cm³/mol. The fraction of sp³-hybridized carbons (Fsp3) is 0.294. The van der Waals surface area contributed by atoms with Gasteiger partial charge in [0.15, 0.2) is 0 Å². The molecule has 0 saturated carbocycles. The summed E-state index contributed by atoms with van der Waals surface area (Å²) in [4.78, 5) is 0. The molecule has 98 valence electrons. The minimum Gasteiger partial charge on any atom is -0.344 e. The first-order chi connectivity index (χ1) is 9.22. The van der Waals surface area contributed by atoms with Crippen molar-refractivity contribution in [2.75, 3.05) is 4.43 Å². The van der Waals surface area contributed by atoms with Gasteiger partial charge < -0.3 is 4.57 Å². The van der Waals surface area contributed by atoms with Crippen molar-refractivity contribution < 1.29 is 0 Å². The second-order valence-corrected chi connectivity index (χ2v) is 6.31. The summed E-state index contributed by atoms with van der Waals surface area (Å²) in [5.41, 5.74) is 4.10. The highest BCUT2D eigenvalue weighted by Gasteiger charge is 2.10. The Morgan fingerprint density at radius 1 is 1.05 bits per heavy atom. The molecule has 19 heavy (non-hydrogen) atoms. The molecular weight excluding hydrogens is 345 g/mol. The van der Waals surface area contributed by atoms with Crippen LogP contribution in [0.5, 0.6) is 0 Å². The van der Waals surface area contributed by atoms with Crippen LogP contribution in [-0.2, 0) is 7.05 Å². The van der Waals surface area contributed by atoms with E-state index in [0.717, 1.165) is 0 Å². The highest BCUT2D eigenvalue weighted by atomic mass is 127. The van der Waals surface area contributed by atoms with Crippen LogP contribution >= 0.6 is 22.6 Å². The number of para-hydroxylation sites is 1. The average molecular weight is 363 g/mol. The molecule has 0 fully saturated rings. The lowest BCUT2D eigenvalue weighted by atomic mass is 9.97. The van der Waals surface area contributed by atoms with Crippen molar-refractivity contribution >= 4 is 44.4 Å². The molecule has 0 aliphatic heterocycles. The van der Waals surface area contributed by atoms with Crippen molar-refractivity contribution in [3.63, 3.8) is 0 Å². The zero-order valence-electron chi connectivity index (χ0n) is 11.4. The van der Waals surface area contributed by atoms with Crippen molar-refractivity contribution in [2.45, 2.75) is 19.3 Å². The summed E-state index contributed by atoms with van der Waals surface area (Å²) in [6, 6.07) is 15.6. The Hall–Kier alpha value is -1.03. The van der Waals surface area contributed by atoms with E-state index in [9.17, 15) is 0 Å². The van der Waals surface area contributed by atoms with Crippen LogP contribution in [0.3, 0.4) is 0 Å². The van der Waals surface area contributed by atoms with E-state index in [-0.39, 0.29) is 0 Å². The monoisotopic (exact) mass is 363 g/mol. The third-order valence-electron chi connectivity index (χ3n) is 4.05. The van der Waals surface area contributed by atoms with Crippen LogP contribution in [0.4, 0.5) is 0 Å². The Morgan fingerprint density at radius 3 is 2.58 bits per heavy atom. The number of halogens is 1. The number of aryl methyl sites for hydroxylation is 1. The predicted octanol–water partition coefficient (Wildman–Crippen LogP) is 5.26. The lowest BCUT2D eigenvalue weighted by molar-refractivity contribution is 0.748. The summed E-state index contributed by atoms with van der Waals surface area (Å²) in [5, 5.41) is 2.75. The topological polar surface area (TPSA) is 4.93 Å². The van der Waals surface area contributed by atoms with E-state index in [1.165, 1.54) is 38.2 Å². The first-order valence-corrected chi connectivity index (χ1v) is 8.28. The highest BCUT2D eigenvalue weighted by molar-refractivity contribution is 14.1. The standard InChI is InChI=1S/C17H18IN/c1-12(9-10-18)13-7-8-17-15(11-13)14-5-3-4-6-16(14)19(17)2/h3-8,11-12H,9-10H2,1-2H3. The van der Waals surface area contributed by atoms with Gasteiger partial charge in [-0.15, -0.1) is 0 Å². The molecule has 0 saturated heterocycles. The van der Waals surface area contributed by atoms with Gasteiger partial charge in [0.2, 0.25) is 0 Å². The van der Waals surface area contributed by atoms with Gasteiger partial charge in [0.1, 0.15) is 0 Å². The number of rotatable bonds is 3. The lowest BCUT2D eigenvalue weighted by Gasteiger charge is -2.10. The number of hydrogen-bond acceptors (Lipinski definition) is 0. The Kier molecular flexibility index (Phi) is 3.52. The van der Waals surface area contributed by atoms with Crippen molar-refractivity contribution in [1.29, 1.82) is 0 Å². The molecule has 0 aliphatic carbocycles. The van der Waals surface area contributed by atoms with Crippen molar-refractivity contribution in [3.8, 4) is 0 Å². The van der Waals surface area contributed by atoms with Gasteiger partial charge in [0.25, 0.3) is 0 Å². The maximum atomic E-state index is 2.46. The van der Waals surface area contributed by atoms with Gasteiger partial charge in [-0.25, -0.2) is 0 Å². The molecule has 1 atom stereocenters. The molecule has 0 radical (unpaired) electrons. The fourth-order valence-electron chi connectivity index (χ4n) is 2.82. The highest BCUT2D eigenvalue weighted by Crippen LogP contribution is 2.31. The van der Waals surface area contributed by atoms with E-state index in [2.05, 4.69) is 83.6 Å². The SMILES string of the molecule is CC(CCI)c1ccc2c(c1)c1ccccc1n2C. The second kappa shape index (κ2) is 5.16. The van der Waals surface area contributed by atoms with E-state index < -0.39 is 0 Å². The normalized spacial score (nSPS) is 13.2. The quantitative estimate of drug-likeness (QED) is 0.442. The molecule has 2 heteroatoms. The van der Waals surface area contributed by atoms with Gasteiger partial charge in [-0.1, -0.05) is 53.8 Å². The third kappa shape index (κ3) is 2.16. The minimum atomic E-state index is 0.639. The van der Waals surface area contributed by atoms with E-state index in [4.69, 9.17) is 0 Å². The van der Waals surface area contributed by atoms with Gasteiger partial charge in [-0.3, -0.25) is 0 Å². The number of nitrogens with zero attached hydrogens (tertiary/aromatic N) is 1. The Labute approximate surface area is 127 Å². The summed E-state index contributed by atoms with van der Waals surface area (Å²) >= 11 is 2.46. The molecule has 1 nitrogen and oxygen atoms in total. The molecule has 3 rings (SSSR count). The van der Waals surface area contributed by atoms with Crippen LogP contribution in [0.1, 0.15) is 24.8 Å². The Morgan fingerprint density at radius 2 is 1.79 bits per heavy atom. The maximum Gasteiger partial charge on any atom is 0.0488 e. The fourth-order valence-corrected chi connectivity index (χ4v) is 3.76. The van der Waals surface area contributed by atoms with Crippen LogP contribution in [0.15, 0.2) is 42.5 Å². The number of hydrogen-bond donors (Lipinski definition) is 0. The van der Waals surface area contributed by atoms with E-state index in [1.54, 1.807) is 0 Å². The molecule has 1 unspecified atom stereocenters. The minimum absolute atomic E-state index is 0.639. The van der Waals surface area contributed by atoms with Crippen molar-refractivity contribution in [2.24, 2.45) is 7.05 Å². The summed E-state index contributed by atoms with van der Waals surface area (Å²) in [7, 11) is 2.15.